The van der Waals surface area contributed by atoms with Crippen molar-refractivity contribution in [2.75, 3.05) is 31.7 Å². The molecule has 0 saturated carbocycles. The number of amidine groups is 1. The zero-order valence-corrected chi connectivity index (χ0v) is 11.1. The van der Waals surface area contributed by atoms with Gasteiger partial charge in [-0.3, -0.25) is 0 Å². The van der Waals surface area contributed by atoms with E-state index < -0.39 is 0 Å². The topological polar surface area (TPSA) is 84.0 Å². The van der Waals surface area contributed by atoms with Gasteiger partial charge in [0.15, 0.2) is 5.84 Å². The summed E-state index contributed by atoms with van der Waals surface area (Å²) in [5.41, 5.74) is 6.28. The molecule has 0 atom stereocenters. The summed E-state index contributed by atoms with van der Waals surface area (Å²) in [6.07, 6.45) is 3.89. The number of rotatable bonds is 4. The maximum atomic E-state index is 8.70. The van der Waals surface area contributed by atoms with Gasteiger partial charge in [-0.25, -0.2) is 4.98 Å². The number of nitrogens with zero attached hydrogens (tertiary/aromatic N) is 3. The molecule has 2 rings (SSSR count). The Labute approximate surface area is 112 Å². The molecule has 1 aromatic rings. The minimum atomic E-state index is 0.109. The lowest BCUT2D eigenvalue weighted by Gasteiger charge is -2.32. The third-order valence-corrected chi connectivity index (χ3v) is 3.49. The average molecular weight is 264 g/mol. The lowest BCUT2D eigenvalue weighted by Crippen LogP contribution is -2.35. The van der Waals surface area contributed by atoms with Crippen molar-refractivity contribution in [1.29, 1.82) is 0 Å². The minimum Gasteiger partial charge on any atom is -0.409 e. The Morgan fingerprint density at radius 3 is 2.95 bits per heavy atom. The number of methoxy groups -OCH3 is 1. The first-order valence-corrected chi connectivity index (χ1v) is 6.42. The van der Waals surface area contributed by atoms with Crippen LogP contribution in [0.1, 0.15) is 18.4 Å². The molecule has 0 aromatic carbocycles. The Bertz CT molecular complexity index is 442. The second-order valence-corrected chi connectivity index (χ2v) is 4.77. The van der Waals surface area contributed by atoms with Crippen molar-refractivity contribution >= 4 is 11.7 Å². The number of ether oxygens (including phenoxy) is 1. The highest BCUT2D eigenvalue weighted by Crippen LogP contribution is 2.22. The predicted molar refractivity (Wildman–Crippen MR) is 73.6 cm³/mol. The number of anilines is 1. The highest BCUT2D eigenvalue weighted by molar-refractivity contribution is 5.97. The van der Waals surface area contributed by atoms with Crippen molar-refractivity contribution < 1.29 is 9.94 Å². The molecule has 0 spiro atoms. The summed E-state index contributed by atoms with van der Waals surface area (Å²) in [6, 6.07) is 3.59. The lowest BCUT2D eigenvalue weighted by molar-refractivity contribution is 0.139. The molecule has 0 aliphatic carbocycles. The van der Waals surface area contributed by atoms with Crippen LogP contribution < -0.4 is 10.6 Å². The van der Waals surface area contributed by atoms with Gasteiger partial charge in [0, 0.05) is 38.6 Å². The second-order valence-electron chi connectivity index (χ2n) is 4.77. The van der Waals surface area contributed by atoms with Gasteiger partial charge in [0.05, 0.1) is 0 Å². The van der Waals surface area contributed by atoms with Gasteiger partial charge in [0.2, 0.25) is 0 Å². The standard InChI is InChI=1S/C13H20N4O2/c1-19-9-10-3-6-17(7-4-10)12-8-11(2-5-15-12)13(14)16-18/h2,5,8,10,18H,3-4,6-7,9H2,1H3,(H2,14,16). The predicted octanol–water partition coefficient (Wildman–Crippen LogP) is 1.04. The molecule has 1 fully saturated rings. The molecule has 6 nitrogen and oxygen atoms in total. The average Bonchev–Trinajstić information content (AvgIpc) is 2.48. The van der Waals surface area contributed by atoms with Crippen molar-refractivity contribution in [2.24, 2.45) is 16.8 Å². The molecule has 0 bridgehead atoms. The third kappa shape index (κ3) is 3.35. The second kappa shape index (κ2) is 6.38. The number of piperidine rings is 1. The summed E-state index contributed by atoms with van der Waals surface area (Å²) in [6.45, 7) is 2.74. The van der Waals surface area contributed by atoms with E-state index in [1.54, 1.807) is 19.4 Å². The number of nitrogens with two attached hydrogens (primary N) is 1. The van der Waals surface area contributed by atoms with E-state index in [0.717, 1.165) is 38.4 Å². The van der Waals surface area contributed by atoms with Crippen LogP contribution in [0.3, 0.4) is 0 Å². The van der Waals surface area contributed by atoms with E-state index in [1.165, 1.54) is 0 Å². The number of hydrogen-bond donors (Lipinski definition) is 2. The zero-order chi connectivity index (χ0) is 13.7. The van der Waals surface area contributed by atoms with Crippen molar-refractivity contribution in [1.82, 2.24) is 4.98 Å². The van der Waals surface area contributed by atoms with Crippen molar-refractivity contribution in [3.05, 3.63) is 23.9 Å². The number of pyridine rings is 1. The number of oxime groups is 1. The Hall–Kier alpha value is -1.82. The molecule has 0 unspecified atom stereocenters. The van der Waals surface area contributed by atoms with E-state index in [1.807, 2.05) is 6.07 Å². The van der Waals surface area contributed by atoms with Crippen molar-refractivity contribution in [2.45, 2.75) is 12.8 Å². The van der Waals surface area contributed by atoms with E-state index in [0.29, 0.717) is 11.5 Å². The quantitative estimate of drug-likeness (QED) is 0.367. The van der Waals surface area contributed by atoms with E-state index in [4.69, 9.17) is 15.7 Å². The van der Waals surface area contributed by atoms with E-state index in [2.05, 4.69) is 15.0 Å². The lowest BCUT2D eigenvalue weighted by atomic mass is 9.98. The molecular formula is C13H20N4O2. The molecule has 0 radical (unpaired) electrons. The van der Waals surface area contributed by atoms with Crippen LogP contribution in [0.4, 0.5) is 5.82 Å². The molecular weight excluding hydrogens is 244 g/mol. The van der Waals surface area contributed by atoms with E-state index in [9.17, 15) is 0 Å². The zero-order valence-electron chi connectivity index (χ0n) is 11.1. The summed E-state index contributed by atoms with van der Waals surface area (Å²) in [4.78, 5) is 6.58. The van der Waals surface area contributed by atoms with Gasteiger partial charge in [-0.2, -0.15) is 0 Å². The van der Waals surface area contributed by atoms with Gasteiger partial charge in [-0.15, -0.1) is 0 Å². The van der Waals surface area contributed by atoms with Crippen molar-refractivity contribution in [3.63, 3.8) is 0 Å². The highest BCUT2D eigenvalue weighted by Gasteiger charge is 2.20. The van der Waals surface area contributed by atoms with Crippen molar-refractivity contribution in [3.8, 4) is 0 Å². The molecule has 1 aliphatic heterocycles. The molecule has 2 heterocycles. The summed E-state index contributed by atoms with van der Waals surface area (Å²) >= 11 is 0. The van der Waals surface area contributed by atoms with E-state index >= 15 is 0 Å². The van der Waals surface area contributed by atoms with Crippen LogP contribution in [-0.4, -0.2) is 42.8 Å². The van der Waals surface area contributed by atoms with Gasteiger partial charge in [-0.05, 0) is 30.9 Å². The van der Waals surface area contributed by atoms with Crippen LogP contribution >= 0.6 is 0 Å². The Morgan fingerprint density at radius 1 is 1.58 bits per heavy atom. The summed E-state index contributed by atoms with van der Waals surface area (Å²) < 4.78 is 5.19. The Balaban J connectivity index is 2.03. The van der Waals surface area contributed by atoms with Gasteiger partial charge in [-0.1, -0.05) is 5.16 Å². The molecule has 0 amide bonds. The maximum absolute atomic E-state index is 8.70. The Morgan fingerprint density at radius 2 is 2.32 bits per heavy atom. The first-order chi connectivity index (χ1) is 9.24. The molecule has 1 aliphatic rings. The molecule has 1 aromatic heterocycles. The van der Waals surface area contributed by atoms with Gasteiger partial charge in [0.1, 0.15) is 5.82 Å². The smallest absolute Gasteiger partial charge is 0.170 e. The fraction of sp³-hybridized carbons (Fsp3) is 0.538. The first kappa shape index (κ1) is 13.6. The van der Waals surface area contributed by atoms with Gasteiger partial charge < -0.3 is 20.6 Å². The maximum Gasteiger partial charge on any atom is 0.170 e. The van der Waals surface area contributed by atoms with Crippen LogP contribution in [-0.2, 0) is 4.74 Å². The largest absolute Gasteiger partial charge is 0.409 e. The molecule has 1 saturated heterocycles. The highest BCUT2D eigenvalue weighted by atomic mass is 16.5. The summed E-state index contributed by atoms with van der Waals surface area (Å²) in [5, 5.41) is 11.7. The fourth-order valence-electron chi connectivity index (χ4n) is 2.37. The molecule has 19 heavy (non-hydrogen) atoms. The van der Waals surface area contributed by atoms with Crippen LogP contribution in [0.5, 0.6) is 0 Å². The van der Waals surface area contributed by atoms with Crippen LogP contribution in [0, 0.1) is 5.92 Å². The molecule has 104 valence electrons. The number of aromatic nitrogens is 1. The van der Waals surface area contributed by atoms with Gasteiger partial charge in [0.25, 0.3) is 0 Å². The molecule has 3 N–H and O–H groups in total. The fourth-order valence-corrected chi connectivity index (χ4v) is 2.37. The van der Waals surface area contributed by atoms with Gasteiger partial charge >= 0.3 is 0 Å². The Kier molecular flexibility index (Phi) is 4.57. The van der Waals surface area contributed by atoms with E-state index in [-0.39, 0.29) is 5.84 Å². The summed E-state index contributed by atoms with van der Waals surface area (Å²) in [7, 11) is 1.74. The molecule has 6 heteroatoms. The SMILES string of the molecule is COCC1CCN(c2cc(C(N)=NO)ccn2)CC1. The van der Waals surface area contributed by atoms with Crippen LogP contribution in [0.15, 0.2) is 23.5 Å². The third-order valence-electron chi connectivity index (χ3n) is 3.49. The normalized spacial score (nSPS) is 17.7. The monoisotopic (exact) mass is 264 g/mol. The summed E-state index contributed by atoms with van der Waals surface area (Å²) in [5.74, 6) is 1.62. The van der Waals surface area contributed by atoms with Crippen LogP contribution in [0.2, 0.25) is 0 Å². The minimum absolute atomic E-state index is 0.109. The number of hydrogen-bond acceptors (Lipinski definition) is 5. The first-order valence-electron chi connectivity index (χ1n) is 6.42. The van der Waals surface area contributed by atoms with Crippen LogP contribution in [0.25, 0.3) is 0 Å².